The van der Waals surface area contributed by atoms with Gasteiger partial charge in [0.05, 0.1) is 0 Å². The quantitative estimate of drug-likeness (QED) is 0.867. The van der Waals surface area contributed by atoms with Gasteiger partial charge in [-0.25, -0.2) is 4.79 Å². The lowest BCUT2D eigenvalue weighted by atomic mass is 10.1. The van der Waals surface area contributed by atoms with Crippen LogP contribution in [-0.2, 0) is 0 Å². The third kappa shape index (κ3) is 2.31. The molecule has 1 aromatic carbocycles. The summed E-state index contributed by atoms with van der Waals surface area (Å²) in [6.07, 6.45) is 3.60. The summed E-state index contributed by atoms with van der Waals surface area (Å²) in [5, 5.41) is 14.6. The molecule has 1 amide bonds. The number of likely N-dealkylation sites (tertiary alicyclic amines) is 1. The van der Waals surface area contributed by atoms with Gasteiger partial charge in [-0.05, 0) is 18.6 Å². The van der Waals surface area contributed by atoms with Crippen LogP contribution in [-0.4, -0.2) is 40.2 Å². The Kier molecular flexibility index (Phi) is 2.95. The standard InChI is InChI=1S/C14H15N3O2/c18-14(19)17-7-5-11(9-17)16-13-3-1-2-10-8-15-6-4-12(10)13/h1-4,6,8,11,16H,5,7,9H2,(H,18,19). The Morgan fingerprint density at radius 1 is 1.42 bits per heavy atom. The number of amides is 1. The maximum absolute atomic E-state index is 10.9. The third-order valence-electron chi connectivity index (χ3n) is 3.50. The number of rotatable bonds is 2. The molecule has 1 aromatic heterocycles. The molecule has 2 N–H and O–H groups in total. The van der Waals surface area contributed by atoms with Gasteiger partial charge in [-0.1, -0.05) is 12.1 Å². The number of nitrogens with one attached hydrogen (secondary N) is 1. The van der Waals surface area contributed by atoms with Gasteiger partial charge >= 0.3 is 6.09 Å². The first-order valence-corrected chi connectivity index (χ1v) is 6.31. The number of carboxylic acid groups (broad SMARTS) is 1. The van der Waals surface area contributed by atoms with Gasteiger partial charge < -0.3 is 15.3 Å². The summed E-state index contributed by atoms with van der Waals surface area (Å²) >= 11 is 0. The Hall–Kier alpha value is -2.30. The van der Waals surface area contributed by atoms with E-state index in [4.69, 9.17) is 5.11 Å². The van der Waals surface area contributed by atoms with Gasteiger partial charge in [0.2, 0.25) is 0 Å². The van der Waals surface area contributed by atoms with E-state index >= 15 is 0 Å². The number of aromatic nitrogens is 1. The first-order valence-electron chi connectivity index (χ1n) is 6.31. The highest BCUT2D eigenvalue weighted by Crippen LogP contribution is 2.24. The van der Waals surface area contributed by atoms with E-state index in [9.17, 15) is 4.79 Å². The van der Waals surface area contributed by atoms with Crippen molar-refractivity contribution in [1.29, 1.82) is 0 Å². The fourth-order valence-electron chi connectivity index (χ4n) is 2.52. The Balaban J connectivity index is 1.81. The van der Waals surface area contributed by atoms with Crippen molar-refractivity contribution >= 4 is 22.6 Å². The maximum atomic E-state index is 10.9. The van der Waals surface area contributed by atoms with E-state index in [-0.39, 0.29) is 6.04 Å². The van der Waals surface area contributed by atoms with E-state index in [0.717, 1.165) is 22.9 Å². The van der Waals surface area contributed by atoms with Crippen molar-refractivity contribution in [3.05, 3.63) is 36.7 Å². The molecule has 1 saturated heterocycles. The van der Waals surface area contributed by atoms with Crippen molar-refractivity contribution in [3.8, 4) is 0 Å². The molecule has 0 spiro atoms. The normalized spacial score (nSPS) is 18.7. The maximum Gasteiger partial charge on any atom is 0.407 e. The molecule has 5 nitrogen and oxygen atoms in total. The van der Waals surface area contributed by atoms with E-state index in [2.05, 4.69) is 10.3 Å². The monoisotopic (exact) mass is 257 g/mol. The fraction of sp³-hybridized carbons (Fsp3) is 0.286. The first kappa shape index (κ1) is 11.8. The van der Waals surface area contributed by atoms with Crippen LogP contribution in [0, 0.1) is 0 Å². The molecule has 1 fully saturated rings. The predicted octanol–water partition coefficient (Wildman–Crippen LogP) is 2.40. The van der Waals surface area contributed by atoms with E-state index in [1.54, 1.807) is 6.20 Å². The van der Waals surface area contributed by atoms with Crippen LogP contribution in [0.3, 0.4) is 0 Å². The average Bonchev–Trinajstić information content (AvgIpc) is 2.88. The topological polar surface area (TPSA) is 65.5 Å². The van der Waals surface area contributed by atoms with Gasteiger partial charge in [-0.2, -0.15) is 0 Å². The molecule has 1 aliphatic rings. The lowest BCUT2D eigenvalue weighted by Gasteiger charge is -2.16. The largest absolute Gasteiger partial charge is 0.465 e. The van der Waals surface area contributed by atoms with Crippen molar-refractivity contribution < 1.29 is 9.90 Å². The van der Waals surface area contributed by atoms with Crippen molar-refractivity contribution in [2.45, 2.75) is 12.5 Å². The highest BCUT2D eigenvalue weighted by molar-refractivity contribution is 5.93. The lowest BCUT2D eigenvalue weighted by Crippen LogP contribution is -2.30. The van der Waals surface area contributed by atoms with Crippen molar-refractivity contribution in [2.24, 2.45) is 0 Å². The molecule has 0 saturated carbocycles. The van der Waals surface area contributed by atoms with E-state index < -0.39 is 6.09 Å². The molecule has 0 radical (unpaired) electrons. The molecular weight excluding hydrogens is 242 g/mol. The van der Waals surface area contributed by atoms with E-state index in [1.165, 1.54) is 4.90 Å². The number of hydrogen-bond donors (Lipinski definition) is 2. The van der Waals surface area contributed by atoms with Crippen LogP contribution in [0.15, 0.2) is 36.7 Å². The molecule has 1 unspecified atom stereocenters. The summed E-state index contributed by atoms with van der Waals surface area (Å²) in [6, 6.07) is 8.17. The van der Waals surface area contributed by atoms with Crippen molar-refractivity contribution in [1.82, 2.24) is 9.88 Å². The summed E-state index contributed by atoms with van der Waals surface area (Å²) in [5.74, 6) is 0. The minimum atomic E-state index is -0.841. The summed E-state index contributed by atoms with van der Waals surface area (Å²) in [7, 11) is 0. The Morgan fingerprint density at radius 2 is 2.32 bits per heavy atom. The molecule has 2 heterocycles. The SMILES string of the molecule is O=C(O)N1CCC(Nc2cccc3cnccc23)C1. The number of anilines is 1. The van der Waals surface area contributed by atoms with Gasteiger partial charge in [-0.15, -0.1) is 0 Å². The van der Waals surface area contributed by atoms with Gasteiger partial charge in [0.1, 0.15) is 0 Å². The summed E-state index contributed by atoms with van der Waals surface area (Å²) in [5.41, 5.74) is 1.04. The minimum absolute atomic E-state index is 0.176. The van der Waals surface area contributed by atoms with Crippen LogP contribution >= 0.6 is 0 Å². The van der Waals surface area contributed by atoms with Crippen LogP contribution in [0.5, 0.6) is 0 Å². The van der Waals surface area contributed by atoms with Crippen LogP contribution in [0.4, 0.5) is 10.5 Å². The number of carbonyl (C=O) groups is 1. The van der Waals surface area contributed by atoms with Gasteiger partial charge in [0.25, 0.3) is 0 Å². The molecule has 1 aliphatic heterocycles. The Morgan fingerprint density at radius 3 is 3.11 bits per heavy atom. The van der Waals surface area contributed by atoms with E-state index in [1.807, 2.05) is 30.5 Å². The van der Waals surface area contributed by atoms with Crippen LogP contribution < -0.4 is 5.32 Å². The third-order valence-corrected chi connectivity index (χ3v) is 3.50. The Bertz CT molecular complexity index is 609. The van der Waals surface area contributed by atoms with Gasteiger partial charge in [-0.3, -0.25) is 4.98 Å². The van der Waals surface area contributed by atoms with Crippen molar-refractivity contribution in [2.75, 3.05) is 18.4 Å². The molecular formula is C14H15N3O2. The second-order valence-electron chi connectivity index (χ2n) is 4.76. The second kappa shape index (κ2) is 4.76. The van der Waals surface area contributed by atoms with Crippen LogP contribution in [0.2, 0.25) is 0 Å². The highest BCUT2D eigenvalue weighted by Gasteiger charge is 2.25. The molecule has 98 valence electrons. The molecule has 1 atom stereocenters. The molecule has 0 aliphatic carbocycles. The molecule has 0 bridgehead atoms. The van der Waals surface area contributed by atoms with E-state index in [0.29, 0.717) is 13.1 Å². The summed E-state index contributed by atoms with van der Waals surface area (Å²) < 4.78 is 0. The molecule has 19 heavy (non-hydrogen) atoms. The molecule has 2 aromatic rings. The highest BCUT2D eigenvalue weighted by atomic mass is 16.4. The number of nitrogens with zero attached hydrogens (tertiary/aromatic N) is 2. The predicted molar refractivity (Wildman–Crippen MR) is 73.4 cm³/mol. The zero-order valence-electron chi connectivity index (χ0n) is 10.4. The van der Waals surface area contributed by atoms with Crippen molar-refractivity contribution in [3.63, 3.8) is 0 Å². The Labute approximate surface area is 110 Å². The van der Waals surface area contributed by atoms with Crippen LogP contribution in [0.25, 0.3) is 10.8 Å². The number of hydrogen-bond acceptors (Lipinski definition) is 3. The number of pyridine rings is 1. The zero-order valence-corrected chi connectivity index (χ0v) is 10.4. The van der Waals surface area contributed by atoms with Gasteiger partial charge in [0, 0.05) is 48.0 Å². The smallest absolute Gasteiger partial charge is 0.407 e. The second-order valence-corrected chi connectivity index (χ2v) is 4.76. The molecule has 5 heteroatoms. The lowest BCUT2D eigenvalue weighted by molar-refractivity contribution is 0.155. The van der Waals surface area contributed by atoms with Gasteiger partial charge in [0.15, 0.2) is 0 Å². The van der Waals surface area contributed by atoms with Crippen LogP contribution in [0.1, 0.15) is 6.42 Å². The molecule has 3 rings (SSSR count). The summed E-state index contributed by atoms with van der Waals surface area (Å²) in [6.45, 7) is 1.14. The zero-order chi connectivity index (χ0) is 13.2. The average molecular weight is 257 g/mol. The summed E-state index contributed by atoms with van der Waals surface area (Å²) in [4.78, 5) is 16.5. The number of fused-ring (bicyclic) bond motifs is 1. The minimum Gasteiger partial charge on any atom is -0.465 e. The fourth-order valence-corrected chi connectivity index (χ4v) is 2.52. The number of benzene rings is 1. The first-order chi connectivity index (χ1) is 9.24.